The smallest absolute Gasteiger partial charge is 0.416 e. The molecule has 0 spiro atoms. The summed E-state index contributed by atoms with van der Waals surface area (Å²) in [5.41, 5.74) is -0.811. The number of aliphatic carboxylic acids is 1. The number of alkyl halides is 3. The predicted octanol–water partition coefficient (Wildman–Crippen LogP) is 5.03. The second kappa shape index (κ2) is 12.0. The molecule has 1 aromatic heterocycles. The SMILES string of the molecule is COc1ccc(CN2C(=O)CN[C@](c3cccc(C(F)(F)F)c3)([C@H](Oc3nc(C)cc(C)n3)C(=O)O)c3ccccc32)cc1. The van der Waals surface area contributed by atoms with Crippen molar-refractivity contribution in [2.75, 3.05) is 18.6 Å². The van der Waals surface area contributed by atoms with E-state index in [9.17, 15) is 27.9 Å². The third-order valence-corrected chi connectivity index (χ3v) is 7.39. The first-order valence-electron chi connectivity index (χ1n) is 13.6. The lowest BCUT2D eigenvalue weighted by Gasteiger charge is -2.39. The molecule has 0 saturated carbocycles. The Bertz CT molecular complexity index is 1680. The molecule has 0 saturated heterocycles. The molecule has 1 amide bonds. The summed E-state index contributed by atoms with van der Waals surface area (Å²) >= 11 is 0. The first-order chi connectivity index (χ1) is 20.9. The van der Waals surface area contributed by atoms with Crippen molar-refractivity contribution in [2.24, 2.45) is 0 Å². The summed E-state index contributed by atoms with van der Waals surface area (Å²) < 4.78 is 53.2. The van der Waals surface area contributed by atoms with Gasteiger partial charge in [-0.2, -0.15) is 13.2 Å². The fourth-order valence-electron chi connectivity index (χ4n) is 5.43. The number of amides is 1. The molecule has 228 valence electrons. The van der Waals surface area contributed by atoms with Gasteiger partial charge < -0.3 is 19.5 Å². The van der Waals surface area contributed by atoms with Crippen LogP contribution in [0.1, 0.15) is 33.6 Å². The number of fused-ring (bicyclic) bond motifs is 1. The number of rotatable bonds is 8. The summed E-state index contributed by atoms with van der Waals surface area (Å²) in [6.07, 6.45) is -6.64. The Balaban J connectivity index is 1.75. The van der Waals surface area contributed by atoms with Gasteiger partial charge in [-0.05, 0) is 61.4 Å². The molecule has 5 rings (SSSR count). The van der Waals surface area contributed by atoms with Crippen LogP contribution in [0.4, 0.5) is 18.9 Å². The van der Waals surface area contributed by atoms with Gasteiger partial charge in [-0.3, -0.25) is 10.1 Å². The molecular weight excluding hydrogens is 577 g/mol. The van der Waals surface area contributed by atoms with Crippen molar-refractivity contribution in [1.29, 1.82) is 0 Å². The summed E-state index contributed by atoms with van der Waals surface area (Å²) in [5, 5.41) is 13.7. The number of carboxylic acid groups (broad SMARTS) is 1. The molecule has 9 nitrogen and oxygen atoms in total. The summed E-state index contributed by atoms with van der Waals surface area (Å²) in [5.74, 6) is -1.32. The zero-order chi connectivity index (χ0) is 31.6. The number of benzene rings is 3. The number of anilines is 1. The van der Waals surface area contributed by atoms with E-state index in [4.69, 9.17) is 9.47 Å². The molecule has 1 aliphatic heterocycles. The maximum atomic E-state index is 14.0. The highest BCUT2D eigenvalue weighted by atomic mass is 19.4. The molecule has 2 N–H and O–H groups in total. The molecule has 0 aliphatic carbocycles. The van der Waals surface area contributed by atoms with Crippen LogP contribution in [0.3, 0.4) is 0 Å². The standard InChI is InChI=1S/C32H29F3N4O5/c1-19-15-20(2)38-30(37-19)44-28(29(41)42)31(22-7-6-8-23(16-22)32(33,34)35)25-9-4-5-10-26(25)39(27(40)17-36-31)18-21-11-13-24(43-3)14-12-21/h4-16,28,36H,17-18H2,1-3H3,(H,41,42)/t28-,31+/m1/s1. The normalized spacial score (nSPS) is 17.4. The number of hydrogen-bond acceptors (Lipinski definition) is 7. The van der Waals surface area contributed by atoms with E-state index in [0.717, 1.165) is 17.7 Å². The third kappa shape index (κ3) is 5.93. The molecule has 1 aliphatic rings. The van der Waals surface area contributed by atoms with E-state index in [2.05, 4.69) is 15.3 Å². The first kappa shape index (κ1) is 30.5. The molecule has 0 radical (unpaired) electrons. The second-order valence-electron chi connectivity index (χ2n) is 10.4. The quantitative estimate of drug-likeness (QED) is 0.287. The maximum Gasteiger partial charge on any atom is 0.416 e. The van der Waals surface area contributed by atoms with E-state index >= 15 is 0 Å². The van der Waals surface area contributed by atoms with Gasteiger partial charge in [-0.25, -0.2) is 14.8 Å². The molecule has 4 aromatic rings. The number of carbonyl (C=O) groups excluding carboxylic acids is 1. The van der Waals surface area contributed by atoms with Crippen molar-refractivity contribution in [3.63, 3.8) is 0 Å². The monoisotopic (exact) mass is 606 g/mol. The highest BCUT2D eigenvalue weighted by Gasteiger charge is 2.52. The van der Waals surface area contributed by atoms with Gasteiger partial charge in [0, 0.05) is 22.6 Å². The number of para-hydroxylation sites is 1. The van der Waals surface area contributed by atoms with Crippen LogP contribution in [0, 0.1) is 13.8 Å². The maximum absolute atomic E-state index is 14.0. The van der Waals surface area contributed by atoms with E-state index in [1.165, 1.54) is 24.1 Å². The van der Waals surface area contributed by atoms with Gasteiger partial charge in [0.2, 0.25) is 12.0 Å². The van der Waals surface area contributed by atoms with Gasteiger partial charge in [0.15, 0.2) is 0 Å². The summed E-state index contributed by atoms with van der Waals surface area (Å²) in [7, 11) is 1.53. The van der Waals surface area contributed by atoms with Gasteiger partial charge in [0.05, 0.1) is 25.8 Å². The Morgan fingerprint density at radius 1 is 1.02 bits per heavy atom. The number of halogens is 3. The minimum atomic E-state index is -4.73. The van der Waals surface area contributed by atoms with Gasteiger partial charge in [-0.15, -0.1) is 0 Å². The van der Waals surface area contributed by atoms with Crippen molar-refractivity contribution >= 4 is 17.6 Å². The van der Waals surface area contributed by atoms with E-state index < -0.39 is 41.8 Å². The number of carboxylic acids is 1. The van der Waals surface area contributed by atoms with E-state index in [1.807, 2.05) is 0 Å². The van der Waals surface area contributed by atoms with Crippen LogP contribution in [-0.2, 0) is 27.8 Å². The summed E-state index contributed by atoms with van der Waals surface area (Å²) in [6, 6.07) is 19.3. The average molecular weight is 607 g/mol. The number of methoxy groups -OCH3 is 1. The molecule has 44 heavy (non-hydrogen) atoms. The minimum Gasteiger partial charge on any atom is -0.497 e. The Kier molecular flexibility index (Phi) is 8.29. The fraction of sp³-hybridized carbons (Fsp3) is 0.250. The predicted molar refractivity (Wildman–Crippen MR) is 154 cm³/mol. The minimum absolute atomic E-state index is 0.0735. The van der Waals surface area contributed by atoms with Crippen LogP contribution >= 0.6 is 0 Å². The summed E-state index contributed by atoms with van der Waals surface area (Å²) in [6.45, 7) is 3.02. The van der Waals surface area contributed by atoms with Crippen LogP contribution in [-0.4, -0.2) is 46.7 Å². The highest BCUT2D eigenvalue weighted by molar-refractivity contribution is 5.97. The number of nitrogens with zero attached hydrogens (tertiary/aromatic N) is 3. The molecule has 2 atom stereocenters. The van der Waals surface area contributed by atoms with Gasteiger partial charge in [-0.1, -0.05) is 42.5 Å². The van der Waals surface area contributed by atoms with E-state index in [1.54, 1.807) is 68.4 Å². The van der Waals surface area contributed by atoms with Gasteiger partial charge >= 0.3 is 18.2 Å². The van der Waals surface area contributed by atoms with E-state index in [-0.39, 0.29) is 23.7 Å². The van der Waals surface area contributed by atoms with Crippen LogP contribution in [0.2, 0.25) is 0 Å². The largest absolute Gasteiger partial charge is 0.497 e. The average Bonchev–Trinajstić information content (AvgIpc) is 3.10. The molecule has 0 bridgehead atoms. The highest BCUT2D eigenvalue weighted by Crippen LogP contribution is 2.44. The molecule has 0 fully saturated rings. The van der Waals surface area contributed by atoms with Crippen LogP contribution in [0.25, 0.3) is 0 Å². The lowest BCUT2D eigenvalue weighted by Crippen LogP contribution is -2.58. The molecular formula is C32H29F3N4O5. The Hall–Kier alpha value is -4.97. The lowest BCUT2D eigenvalue weighted by atomic mass is 9.76. The second-order valence-corrected chi connectivity index (χ2v) is 10.4. The van der Waals surface area contributed by atoms with Crippen LogP contribution in [0.15, 0.2) is 78.9 Å². The first-order valence-corrected chi connectivity index (χ1v) is 13.6. The molecule has 0 unspecified atom stereocenters. The van der Waals surface area contributed by atoms with Crippen molar-refractivity contribution in [3.05, 3.63) is 113 Å². The number of nitrogens with one attached hydrogen (secondary N) is 1. The Morgan fingerprint density at radius 3 is 2.34 bits per heavy atom. The third-order valence-electron chi connectivity index (χ3n) is 7.39. The molecule has 3 aromatic carbocycles. The fourth-order valence-corrected chi connectivity index (χ4v) is 5.43. The van der Waals surface area contributed by atoms with Crippen molar-refractivity contribution < 1.29 is 37.3 Å². The number of carbonyl (C=O) groups is 2. The van der Waals surface area contributed by atoms with Crippen LogP contribution < -0.4 is 19.7 Å². The number of aromatic nitrogens is 2. The Morgan fingerprint density at radius 2 is 1.70 bits per heavy atom. The van der Waals surface area contributed by atoms with Crippen molar-refractivity contribution in [3.8, 4) is 11.8 Å². The molecule has 2 heterocycles. The number of aryl methyl sites for hydroxylation is 2. The van der Waals surface area contributed by atoms with Crippen molar-refractivity contribution in [2.45, 2.75) is 38.2 Å². The topological polar surface area (TPSA) is 114 Å². The summed E-state index contributed by atoms with van der Waals surface area (Å²) in [4.78, 5) is 36.8. The number of hydrogen-bond donors (Lipinski definition) is 2. The zero-order valence-electron chi connectivity index (χ0n) is 24.1. The van der Waals surface area contributed by atoms with Gasteiger partial charge in [0.1, 0.15) is 11.3 Å². The van der Waals surface area contributed by atoms with Crippen LogP contribution in [0.5, 0.6) is 11.8 Å². The number of ether oxygens (including phenoxy) is 2. The van der Waals surface area contributed by atoms with Gasteiger partial charge in [0.25, 0.3) is 0 Å². The van der Waals surface area contributed by atoms with Crippen molar-refractivity contribution in [1.82, 2.24) is 15.3 Å². The Labute approximate surface area is 251 Å². The van der Waals surface area contributed by atoms with E-state index in [0.29, 0.717) is 22.8 Å². The molecule has 12 heteroatoms. The lowest BCUT2D eigenvalue weighted by molar-refractivity contribution is -0.149. The zero-order valence-corrected chi connectivity index (χ0v) is 24.1.